The predicted molar refractivity (Wildman–Crippen MR) is 79.1 cm³/mol. The molecule has 3 nitrogen and oxygen atoms in total. The first kappa shape index (κ1) is 18.3. The Labute approximate surface area is 127 Å². The van der Waals surface area contributed by atoms with Crippen LogP contribution >= 0.6 is 0 Å². The first-order chi connectivity index (χ1) is 10.4. The van der Waals surface area contributed by atoms with Gasteiger partial charge in [0.25, 0.3) is 0 Å². The molecule has 0 aromatic heterocycles. The number of guanidine groups is 1. The molecule has 0 atom stereocenters. The normalized spacial score (nSPS) is 12.3. The summed E-state index contributed by atoms with van der Waals surface area (Å²) in [5.41, 5.74) is 0.469. The van der Waals surface area contributed by atoms with E-state index in [0.717, 1.165) is 0 Å². The lowest BCUT2D eigenvalue weighted by Gasteiger charge is -2.12. The van der Waals surface area contributed by atoms with E-state index >= 15 is 0 Å². The third-order valence-electron chi connectivity index (χ3n) is 2.89. The lowest BCUT2D eigenvalue weighted by Crippen LogP contribution is -2.37. The van der Waals surface area contributed by atoms with Crippen molar-refractivity contribution >= 4 is 5.96 Å². The number of halogens is 4. The highest BCUT2D eigenvalue weighted by molar-refractivity contribution is 5.79. The molecule has 0 bridgehead atoms. The first-order valence-corrected chi connectivity index (χ1v) is 7.24. The standard InChI is InChI=1S/C15H21F4N3/c1-2-20-14(21-10-6-5-9-15(17,18)19)22-11-12-7-3-4-8-13(12)16/h3-4,7-8H,2,5-6,9-11H2,1H3,(H2,20,21,22). The number of nitrogens with zero attached hydrogens (tertiary/aromatic N) is 1. The lowest BCUT2D eigenvalue weighted by molar-refractivity contribution is -0.135. The molecular weight excluding hydrogens is 298 g/mol. The van der Waals surface area contributed by atoms with E-state index in [4.69, 9.17) is 0 Å². The van der Waals surface area contributed by atoms with Crippen LogP contribution in [0.3, 0.4) is 0 Å². The molecule has 2 N–H and O–H groups in total. The summed E-state index contributed by atoms with van der Waals surface area (Å²) >= 11 is 0. The Morgan fingerprint density at radius 3 is 2.50 bits per heavy atom. The van der Waals surface area contributed by atoms with E-state index in [2.05, 4.69) is 15.6 Å². The van der Waals surface area contributed by atoms with Crippen molar-refractivity contribution in [2.24, 2.45) is 4.99 Å². The molecule has 1 aromatic rings. The van der Waals surface area contributed by atoms with Crippen molar-refractivity contribution in [2.45, 2.75) is 38.9 Å². The van der Waals surface area contributed by atoms with E-state index < -0.39 is 12.6 Å². The Kier molecular flexibility index (Phi) is 7.70. The zero-order chi connectivity index (χ0) is 16.4. The van der Waals surface area contributed by atoms with E-state index in [-0.39, 0.29) is 18.8 Å². The number of unbranched alkanes of at least 4 members (excludes halogenated alkanes) is 1. The molecule has 0 aliphatic rings. The molecule has 1 aromatic carbocycles. The van der Waals surface area contributed by atoms with Crippen LogP contribution in [0, 0.1) is 5.82 Å². The fourth-order valence-electron chi connectivity index (χ4n) is 1.79. The first-order valence-electron chi connectivity index (χ1n) is 7.24. The quantitative estimate of drug-likeness (QED) is 0.349. The zero-order valence-corrected chi connectivity index (χ0v) is 12.5. The highest BCUT2D eigenvalue weighted by Gasteiger charge is 2.25. The molecule has 0 amide bonds. The van der Waals surface area contributed by atoms with E-state index in [1.54, 1.807) is 18.2 Å². The number of aliphatic imine (C=N–C) groups is 1. The smallest absolute Gasteiger partial charge is 0.357 e. The zero-order valence-electron chi connectivity index (χ0n) is 12.5. The Balaban J connectivity index is 2.41. The fraction of sp³-hybridized carbons (Fsp3) is 0.533. The molecule has 0 fully saturated rings. The van der Waals surface area contributed by atoms with Gasteiger partial charge < -0.3 is 10.6 Å². The molecule has 0 spiro atoms. The lowest BCUT2D eigenvalue weighted by atomic mass is 10.2. The predicted octanol–water partition coefficient (Wildman–Crippen LogP) is 3.61. The Hall–Kier alpha value is -1.79. The topological polar surface area (TPSA) is 36.4 Å². The third kappa shape index (κ3) is 7.85. The van der Waals surface area contributed by atoms with Gasteiger partial charge in [-0.25, -0.2) is 9.38 Å². The molecule has 0 saturated carbocycles. The van der Waals surface area contributed by atoms with Crippen molar-refractivity contribution in [3.8, 4) is 0 Å². The van der Waals surface area contributed by atoms with Crippen LogP contribution in [0.1, 0.15) is 31.7 Å². The average Bonchev–Trinajstić information content (AvgIpc) is 2.44. The van der Waals surface area contributed by atoms with Gasteiger partial charge in [-0.3, -0.25) is 0 Å². The van der Waals surface area contributed by atoms with Gasteiger partial charge in [-0.1, -0.05) is 18.2 Å². The summed E-state index contributed by atoms with van der Waals surface area (Å²) in [4.78, 5) is 4.22. The largest absolute Gasteiger partial charge is 0.389 e. The third-order valence-corrected chi connectivity index (χ3v) is 2.89. The van der Waals surface area contributed by atoms with Crippen LogP contribution < -0.4 is 10.6 Å². The minimum Gasteiger partial charge on any atom is -0.357 e. The molecule has 0 heterocycles. The van der Waals surface area contributed by atoms with Crippen LogP contribution in [0.2, 0.25) is 0 Å². The summed E-state index contributed by atoms with van der Waals surface area (Å²) in [6.07, 6.45) is -4.42. The van der Waals surface area contributed by atoms with E-state index in [1.165, 1.54) is 6.07 Å². The van der Waals surface area contributed by atoms with E-state index in [9.17, 15) is 17.6 Å². The SMILES string of the molecule is CCNC(=NCc1ccccc1F)NCCCCC(F)(F)F. The number of hydrogen-bond acceptors (Lipinski definition) is 1. The van der Waals surface area contributed by atoms with E-state index in [1.807, 2.05) is 6.92 Å². The van der Waals surface area contributed by atoms with Gasteiger partial charge in [-0.05, 0) is 25.8 Å². The van der Waals surface area contributed by atoms with Crippen LogP contribution in [-0.2, 0) is 6.54 Å². The van der Waals surface area contributed by atoms with Crippen molar-refractivity contribution in [3.63, 3.8) is 0 Å². The van der Waals surface area contributed by atoms with Gasteiger partial charge in [0.1, 0.15) is 5.82 Å². The van der Waals surface area contributed by atoms with Crippen molar-refractivity contribution in [2.75, 3.05) is 13.1 Å². The summed E-state index contributed by atoms with van der Waals surface area (Å²) in [7, 11) is 0. The van der Waals surface area contributed by atoms with Crippen molar-refractivity contribution in [1.29, 1.82) is 0 Å². The summed E-state index contributed by atoms with van der Waals surface area (Å²) in [6.45, 7) is 3.05. The van der Waals surface area contributed by atoms with Gasteiger partial charge in [-0.2, -0.15) is 13.2 Å². The number of benzene rings is 1. The number of rotatable bonds is 7. The molecule has 0 unspecified atom stereocenters. The minimum atomic E-state index is -4.11. The second kappa shape index (κ2) is 9.27. The molecule has 1 rings (SSSR count). The van der Waals surface area contributed by atoms with Gasteiger partial charge >= 0.3 is 6.18 Å². The number of nitrogens with one attached hydrogen (secondary N) is 2. The Morgan fingerprint density at radius 1 is 1.14 bits per heavy atom. The number of hydrogen-bond donors (Lipinski definition) is 2. The summed E-state index contributed by atoms with van der Waals surface area (Å²) in [6, 6.07) is 6.34. The molecule has 7 heteroatoms. The minimum absolute atomic E-state index is 0.0726. The Morgan fingerprint density at radius 2 is 1.86 bits per heavy atom. The molecule has 0 radical (unpaired) electrons. The molecule has 0 aliphatic carbocycles. The second-order valence-corrected chi connectivity index (χ2v) is 4.79. The van der Waals surface area contributed by atoms with Crippen LogP contribution in [-0.4, -0.2) is 25.2 Å². The van der Waals surface area contributed by atoms with Crippen molar-refractivity contribution in [3.05, 3.63) is 35.6 Å². The summed E-state index contributed by atoms with van der Waals surface area (Å²) < 4.78 is 49.5. The molecule has 0 saturated heterocycles. The summed E-state index contributed by atoms with van der Waals surface area (Å²) in [5.74, 6) is 0.144. The average molecular weight is 319 g/mol. The van der Waals surface area contributed by atoms with Crippen LogP contribution in [0.5, 0.6) is 0 Å². The maximum absolute atomic E-state index is 13.5. The van der Waals surface area contributed by atoms with Gasteiger partial charge in [0.2, 0.25) is 0 Å². The highest BCUT2D eigenvalue weighted by Crippen LogP contribution is 2.21. The van der Waals surface area contributed by atoms with Gasteiger partial charge in [0.05, 0.1) is 6.54 Å². The van der Waals surface area contributed by atoms with Crippen molar-refractivity contribution < 1.29 is 17.6 Å². The maximum Gasteiger partial charge on any atom is 0.389 e. The van der Waals surface area contributed by atoms with Gasteiger partial charge in [0.15, 0.2) is 5.96 Å². The van der Waals surface area contributed by atoms with Gasteiger partial charge in [0, 0.05) is 25.1 Å². The maximum atomic E-state index is 13.5. The fourth-order valence-corrected chi connectivity index (χ4v) is 1.79. The van der Waals surface area contributed by atoms with Crippen LogP contribution in [0.15, 0.2) is 29.3 Å². The van der Waals surface area contributed by atoms with Crippen LogP contribution in [0.4, 0.5) is 17.6 Å². The summed E-state index contributed by atoms with van der Waals surface area (Å²) in [5, 5.41) is 5.92. The molecule has 124 valence electrons. The van der Waals surface area contributed by atoms with Crippen molar-refractivity contribution in [1.82, 2.24) is 10.6 Å². The Bertz CT molecular complexity index is 472. The molecule has 22 heavy (non-hydrogen) atoms. The van der Waals surface area contributed by atoms with Gasteiger partial charge in [-0.15, -0.1) is 0 Å². The van der Waals surface area contributed by atoms with E-state index in [0.29, 0.717) is 31.0 Å². The number of alkyl halides is 3. The highest BCUT2D eigenvalue weighted by atomic mass is 19.4. The second-order valence-electron chi connectivity index (χ2n) is 4.79. The molecule has 0 aliphatic heterocycles. The monoisotopic (exact) mass is 319 g/mol. The van der Waals surface area contributed by atoms with Crippen LogP contribution in [0.25, 0.3) is 0 Å². The molecular formula is C15H21F4N3.